The maximum Gasteiger partial charge on any atom is 0.229 e. The molecule has 6 N–H and O–H groups in total. The second-order valence-electron chi connectivity index (χ2n) is 6.84. The van der Waals surface area contributed by atoms with Crippen molar-refractivity contribution < 1.29 is 44.8 Å². The van der Waals surface area contributed by atoms with Crippen LogP contribution in [0.5, 0.6) is 23.0 Å². The summed E-state index contributed by atoms with van der Waals surface area (Å²) in [5.41, 5.74) is 1.23. The van der Waals surface area contributed by atoms with Crippen LogP contribution in [0.2, 0.25) is 0 Å². The number of rotatable bonds is 6. The van der Waals surface area contributed by atoms with Gasteiger partial charge in [-0.2, -0.15) is 0 Å². The number of aromatic hydroxyl groups is 2. The van der Waals surface area contributed by atoms with E-state index in [0.29, 0.717) is 16.9 Å². The number of hydrogen-bond acceptors (Lipinski definition) is 9. The van der Waals surface area contributed by atoms with Crippen molar-refractivity contribution in [1.29, 1.82) is 0 Å². The van der Waals surface area contributed by atoms with Crippen LogP contribution in [-0.4, -0.2) is 75.1 Å². The van der Waals surface area contributed by atoms with Crippen molar-refractivity contribution >= 4 is 12.2 Å². The summed E-state index contributed by atoms with van der Waals surface area (Å²) < 4.78 is 15.8. The van der Waals surface area contributed by atoms with E-state index in [1.54, 1.807) is 30.4 Å². The van der Waals surface area contributed by atoms with E-state index >= 15 is 0 Å². The van der Waals surface area contributed by atoms with Crippen LogP contribution in [0.4, 0.5) is 0 Å². The van der Waals surface area contributed by atoms with Crippen LogP contribution in [0.15, 0.2) is 36.4 Å². The highest BCUT2D eigenvalue weighted by Gasteiger charge is 2.44. The minimum absolute atomic E-state index is 0.0119. The number of aliphatic hydroxyl groups excluding tert-OH is 4. The molecule has 1 saturated heterocycles. The van der Waals surface area contributed by atoms with Crippen LogP contribution < -0.4 is 9.47 Å². The minimum Gasteiger partial charge on any atom is -0.508 e. The molecular formula is C21H24O9. The van der Waals surface area contributed by atoms with Gasteiger partial charge in [-0.1, -0.05) is 18.2 Å². The zero-order valence-electron chi connectivity index (χ0n) is 16.1. The smallest absolute Gasteiger partial charge is 0.229 e. The third-order valence-electron chi connectivity index (χ3n) is 4.69. The highest BCUT2D eigenvalue weighted by molar-refractivity contribution is 5.72. The molecule has 0 aromatic heterocycles. The van der Waals surface area contributed by atoms with Gasteiger partial charge >= 0.3 is 0 Å². The normalized spacial score (nSPS) is 26.6. The monoisotopic (exact) mass is 420 g/mol. The first kappa shape index (κ1) is 21.9. The molecule has 0 unspecified atom stereocenters. The van der Waals surface area contributed by atoms with Crippen molar-refractivity contribution in [3.63, 3.8) is 0 Å². The van der Waals surface area contributed by atoms with Crippen LogP contribution in [0, 0.1) is 0 Å². The third kappa shape index (κ3) is 4.84. The number of phenolic OH excluding ortho intramolecular Hbond substituents is 2. The first-order valence-electron chi connectivity index (χ1n) is 9.18. The average Bonchev–Trinajstić information content (AvgIpc) is 2.72. The highest BCUT2D eigenvalue weighted by Crippen LogP contribution is 2.30. The molecular weight excluding hydrogens is 396 g/mol. The number of benzene rings is 2. The molecule has 1 fully saturated rings. The molecule has 9 heteroatoms. The molecule has 1 aliphatic heterocycles. The van der Waals surface area contributed by atoms with Gasteiger partial charge in [-0.25, -0.2) is 0 Å². The molecule has 30 heavy (non-hydrogen) atoms. The Morgan fingerprint density at radius 2 is 1.67 bits per heavy atom. The van der Waals surface area contributed by atoms with Gasteiger partial charge in [0.1, 0.15) is 35.9 Å². The first-order chi connectivity index (χ1) is 14.3. The standard InChI is InChI=1S/C21H24O9/c1-28-16-5-4-11(8-15(16)24)2-3-12-6-13(23)9-14(7-12)29-21-20(27)19(26)18(25)17(10-22)30-21/h2-9,17-27H,10H2,1H3/b3-2-/t17-,18+,19+,20+,21-/m0/s1. The molecule has 5 atom stereocenters. The van der Waals surface area contributed by atoms with Gasteiger partial charge in [-0.15, -0.1) is 0 Å². The summed E-state index contributed by atoms with van der Waals surface area (Å²) in [7, 11) is 1.45. The Labute approximate surface area is 172 Å². The fourth-order valence-electron chi connectivity index (χ4n) is 3.07. The lowest BCUT2D eigenvalue weighted by molar-refractivity contribution is -0.277. The van der Waals surface area contributed by atoms with Gasteiger partial charge in [0.15, 0.2) is 11.5 Å². The largest absolute Gasteiger partial charge is 0.508 e. The van der Waals surface area contributed by atoms with Crippen molar-refractivity contribution in [1.82, 2.24) is 0 Å². The predicted molar refractivity (Wildman–Crippen MR) is 106 cm³/mol. The Morgan fingerprint density at radius 1 is 0.933 bits per heavy atom. The number of phenols is 2. The fraction of sp³-hybridized carbons (Fsp3) is 0.333. The van der Waals surface area contributed by atoms with E-state index < -0.39 is 37.3 Å². The van der Waals surface area contributed by atoms with E-state index in [-0.39, 0.29) is 17.2 Å². The van der Waals surface area contributed by atoms with E-state index in [1.165, 1.54) is 25.3 Å². The number of methoxy groups -OCH3 is 1. The molecule has 0 bridgehead atoms. The van der Waals surface area contributed by atoms with Crippen molar-refractivity contribution in [2.24, 2.45) is 0 Å². The van der Waals surface area contributed by atoms with Gasteiger partial charge < -0.3 is 44.8 Å². The lowest BCUT2D eigenvalue weighted by atomic mass is 9.99. The SMILES string of the molecule is COc1ccc(/C=C\c2cc(O)cc(O[C@H]3O[C@@H](CO)[C@@H](O)[C@@H](O)[C@H]3O)c2)cc1O. The quantitative estimate of drug-likeness (QED) is 0.366. The van der Waals surface area contributed by atoms with Crippen LogP contribution in [0.25, 0.3) is 12.2 Å². The summed E-state index contributed by atoms with van der Waals surface area (Å²) in [6, 6.07) is 9.19. The Morgan fingerprint density at radius 3 is 2.33 bits per heavy atom. The Balaban J connectivity index is 1.77. The lowest BCUT2D eigenvalue weighted by Gasteiger charge is -2.39. The Hall–Kier alpha value is -2.82. The topological polar surface area (TPSA) is 149 Å². The molecule has 0 amide bonds. The van der Waals surface area contributed by atoms with E-state index in [2.05, 4.69) is 0 Å². The zero-order chi connectivity index (χ0) is 21.8. The Bertz CT molecular complexity index is 896. The van der Waals surface area contributed by atoms with Gasteiger partial charge in [0.2, 0.25) is 6.29 Å². The summed E-state index contributed by atoms with van der Waals surface area (Å²) in [6.45, 7) is -0.576. The zero-order valence-corrected chi connectivity index (χ0v) is 16.1. The van der Waals surface area contributed by atoms with Crippen molar-refractivity contribution in [2.75, 3.05) is 13.7 Å². The maximum absolute atomic E-state index is 10.1. The molecule has 0 spiro atoms. The molecule has 9 nitrogen and oxygen atoms in total. The second kappa shape index (κ2) is 9.33. The number of hydrogen-bond donors (Lipinski definition) is 6. The minimum atomic E-state index is -1.57. The third-order valence-corrected chi connectivity index (χ3v) is 4.69. The second-order valence-corrected chi connectivity index (χ2v) is 6.84. The van der Waals surface area contributed by atoms with Gasteiger partial charge in [-0.3, -0.25) is 0 Å². The first-order valence-corrected chi connectivity index (χ1v) is 9.18. The van der Waals surface area contributed by atoms with Crippen molar-refractivity contribution in [3.8, 4) is 23.0 Å². The van der Waals surface area contributed by atoms with Crippen LogP contribution in [-0.2, 0) is 4.74 Å². The lowest BCUT2D eigenvalue weighted by Crippen LogP contribution is -2.60. The summed E-state index contributed by atoms with van der Waals surface area (Å²) in [6.07, 6.45) is -3.72. The van der Waals surface area contributed by atoms with Gasteiger partial charge in [-0.05, 0) is 35.4 Å². The summed E-state index contributed by atoms with van der Waals surface area (Å²) in [4.78, 5) is 0. The van der Waals surface area contributed by atoms with Gasteiger partial charge in [0, 0.05) is 6.07 Å². The van der Waals surface area contributed by atoms with Crippen LogP contribution in [0.3, 0.4) is 0 Å². The van der Waals surface area contributed by atoms with Crippen molar-refractivity contribution in [3.05, 3.63) is 47.5 Å². The van der Waals surface area contributed by atoms with Crippen LogP contribution in [0.1, 0.15) is 11.1 Å². The van der Waals surface area contributed by atoms with Gasteiger partial charge in [0.25, 0.3) is 0 Å². The Kier molecular flexibility index (Phi) is 6.80. The molecule has 1 heterocycles. The summed E-state index contributed by atoms with van der Waals surface area (Å²) in [5, 5.41) is 58.9. The van der Waals surface area contributed by atoms with E-state index in [0.717, 1.165) is 0 Å². The summed E-state index contributed by atoms with van der Waals surface area (Å²) >= 11 is 0. The average molecular weight is 420 g/mol. The predicted octanol–water partition coefficient (Wildman–Crippen LogP) is 0.455. The molecule has 2 aromatic carbocycles. The van der Waals surface area contributed by atoms with Crippen LogP contribution >= 0.6 is 0 Å². The van der Waals surface area contributed by atoms with E-state index in [9.17, 15) is 30.6 Å². The maximum atomic E-state index is 10.1. The van der Waals surface area contributed by atoms with E-state index in [4.69, 9.17) is 14.2 Å². The number of aliphatic hydroxyl groups is 4. The highest BCUT2D eigenvalue weighted by atomic mass is 16.7. The fourth-order valence-corrected chi connectivity index (χ4v) is 3.07. The molecule has 2 aromatic rings. The van der Waals surface area contributed by atoms with Gasteiger partial charge in [0.05, 0.1) is 13.7 Å². The molecule has 0 saturated carbocycles. The molecule has 1 aliphatic rings. The molecule has 3 rings (SSSR count). The summed E-state index contributed by atoms with van der Waals surface area (Å²) in [5.74, 6) is 0.354. The van der Waals surface area contributed by atoms with E-state index in [1.807, 2.05) is 0 Å². The molecule has 162 valence electrons. The molecule has 0 radical (unpaired) electrons. The molecule has 0 aliphatic carbocycles. The number of ether oxygens (including phenoxy) is 3. The van der Waals surface area contributed by atoms with Crippen molar-refractivity contribution in [2.45, 2.75) is 30.7 Å².